The molecule has 0 unspecified atom stereocenters. The lowest BCUT2D eigenvalue weighted by Gasteiger charge is -2.25. The number of para-hydroxylation sites is 1. The number of aryl methyl sites for hydroxylation is 2. The van der Waals surface area contributed by atoms with Gasteiger partial charge in [0.2, 0.25) is 0 Å². The van der Waals surface area contributed by atoms with Crippen LogP contribution in [0.3, 0.4) is 0 Å². The minimum absolute atomic E-state index is 0.187. The first kappa shape index (κ1) is 24.5. The molecule has 0 aliphatic carbocycles. The highest BCUT2D eigenvalue weighted by Gasteiger charge is 2.24. The van der Waals surface area contributed by atoms with Gasteiger partial charge in [-0.25, -0.2) is 15.0 Å². The van der Waals surface area contributed by atoms with Crippen molar-refractivity contribution in [1.82, 2.24) is 15.0 Å². The van der Waals surface area contributed by atoms with Gasteiger partial charge in [0.1, 0.15) is 21.7 Å². The third kappa shape index (κ3) is 5.70. The number of thiazole rings is 1. The van der Waals surface area contributed by atoms with Gasteiger partial charge in [-0.05, 0) is 49.4 Å². The second-order valence-electron chi connectivity index (χ2n) is 7.42. The minimum Gasteiger partial charge on any atom is -0.316 e. The van der Waals surface area contributed by atoms with Gasteiger partial charge >= 0.3 is 0 Å². The molecule has 0 saturated carbocycles. The lowest BCUT2D eigenvalue weighted by Crippen LogP contribution is -2.30. The molecule has 1 amide bonds. The quantitative estimate of drug-likeness (QED) is 0.202. The van der Waals surface area contributed by atoms with Crippen LogP contribution in [0.25, 0.3) is 0 Å². The van der Waals surface area contributed by atoms with Gasteiger partial charge in [0.15, 0.2) is 5.13 Å². The number of amides is 1. The second-order valence-corrected chi connectivity index (χ2v) is 10.1. The average molecular weight is 531 g/mol. The van der Waals surface area contributed by atoms with Gasteiger partial charge in [0, 0.05) is 11.0 Å². The van der Waals surface area contributed by atoms with Crippen molar-refractivity contribution in [2.75, 3.05) is 16.5 Å². The normalized spacial score (nSPS) is 10.9. The summed E-state index contributed by atoms with van der Waals surface area (Å²) in [5.74, 6) is 0.863. The van der Waals surface area contributed by atoms with Crippen LogP contribution in [0.15, 0.2) is 59.6 Å². The Morgan fingerprint density at radius 1 is 1.12 bits per heavy atom. The lowest BCUT2D eigenvalue weighted by molar-refractivity contribution is 0.0988. The number of hydrogen-bond donors (Lipinski definition) is 1. The van der Waals surface area contributed by atoms with Crippen LogP contribution >= 0.6 is 46.3 Å². The largest absolute Gasteiger partial charge is 0.316 e. The predicted octanol–water partition coefficient (Wildman–Crippen LogP) is 7.17. The molecule has 4 rings (SSSR count). The highest BCUT2D eigenvalue weighted by molar-refractivity contribution is 7.98. The lowest BCUT2D eigenvalue weighted by atomic mass is 10.1. The summed E-state index contributed by atoms with van der Waals surface area (Å²) in [5.41, 5.74) is 2.60. The van der Waals surface area contributed by atoms with Crippen LogP contribution in [0, 0.1) is 13.8 Å². The Kier molecular flexibility index (Phi) is 7.73. The summed E-state index contributed by atoms with van der Waals surface area (Å²) in [7, 11) is 0. The van der Waals surface area contributed by atoms with Gasteiger partial charge < -0.3 is 10.2 Å². The molecule has 10 heteroatoms. The Hall–Kier alpha value is -2.65. The second kappa shape index (κ2) is 10.7. The van der Waals surface area contributed by atoms with Crippen LogP contribution < -0.4 is 10.2 Å². The Labute approximate surface area is 216 Å². The first-order chi connectivity index (χ1) is 16.3. The number of aromatic nitrogens is 3. The van der Waals surface area contributed by atoms with Gasteiger partial charge in [-0.3, -0.25) is 4.79 Å². The molecule has 6 nitrogen and oxygen atoms in total. The molecule has 4 aromatic rings. The zero-order valence-corrected chi connectivity index (χ0v) is 21.8. The first-order valence-electron chi connectivity index (χ1n) is 10.3. The van der Waals surface area contributed by atoms with Crippen molar-refractivity contribution < 1.29 is 4.79 Å². The molecule has 0 spiro atoms. The third-order valence-corrected chi connectivity index (χ3v) is 7.10. The summed E-state index contributed by atoms with van der Waals surface area (Å²) in [5, 5.41) is 4.47. The van der Waals surface area contributed by atoms with Crippen molar-refractivity contribution in [2.24, 2.45) is 0 Å². The molecule has 0 radical (unpaired) electrons. The Bertz CT molecular complexity index is 1290. The molecule has 0 fully saturated rings. The van der Waals surface area contributed by atoms with Crippen LogP contribution in [-0.4, -0.2) is 27.1 Å². The van der Waals surface area contributed by atoms with E-state index in [4.69, 9.17) is 23.2 Å². The minimum atomic E-state index is -0.187. The van der Waals surface area contributed by atoms with E-state index in [-0.39, 0.29) is 5.91 Å². The number of carbonyl (C=O) groups is 1. The van der Waals surface area contributed by atoms with Crippen molar-refractivity contribution >= 4 is 68.8 Å². The number of nitrogens with one attached hydrogen (secondary N) is 1. The zero-order chi connectivity index (χ0) is 24.2. The number of thioether (sulfide) groups is 1. The fraction of sp³-hybridized carbons (Fsp3) is 0.167. The van der Waals surface area contributed by atoms with E-state index in [0.717, 1.165) is 16.0 Å². The van der Waals surface area contributed by atoms with Gasteiger partial charge in [-0.15, -0.1) is 11.8 Å². The number of hydrogen-bond acceptors (Lipinski definition) is 7. The summed E-state index contributed by atoms with van der Waals surface area (Å²) in [6.07, 6.45) is 3.59. The Morgan fingerprint density at radius 3 is 2.56 bits per heavy atom. The van der Waals surface area contributed by atoms with Crippen molar-refractivity contribution in [1.29, 1.82) is 0 Å². The fourth-order valence-electron chi connectivity index (χ4n) is 3.40. The Balaban J connectivity index is 1.65. The van der Waals surface area contributed by atoms with Crippen molar-refractivity contribution in [2.45, 2.75) is 25.3 Å². The van der Waals surface area contributed by atoms with E-state index in [1.165, 1.54) is 11.3 Å². The molecule has 174 valence electrons. The van der Waals surface area contributed by atoms with E-state index in [2.05, 4.69) is 20.3 Å². The summed E-state index contributed by atoms with van der Waals surface area (Å²) in [6, 6.07) is 15.4. The molecule has 0 atom stereocenters. The van der Waals surface area contributed by atoms with Crippen molar-refractivity contribution in [3.63, 3.8) is 0 Å². The number of benzene rings is 2. The molecule has 1 N–H and O–H groups in total. The number of anilines is 3. The molecule has 2 aromatic carbocycles. The van der Waals surface area contributed by atoms with Crippen molar-refractivity contribution in [3.8, 4) is 0 Å². The topological polar surface area (TPSA) is 71.0 Å². The summed E-state index contributed by atoms with van der Waals surface area (Å²) in [6.45, 7) is 4.07. The fourth-order valence-corrected chi connectivity index (χ4v) is 5.13. The molecular weight excluding hydrogens is 509 g/mol. The van der Waals surface area contributed by atoms with Crippen LogP contribution in [0.1, 0.15) is 26.6 Å². The summed E-state index contributed by atoms with van der Waals surface area (Å²) in [4.78, 5) is 29.8. The smallest absolute Gasteiger partial charge is 0.270 e. The van der Waals surface area contributed by atoms with Gasteiger partial charge in [-0.2, -0.15) is 0 Å². The summed E-state index contributed by atoms with van der Waals surface area (Å²) >= 11 is 15.5. The van der Waals surface area contributed by atoms with Gasteiger partial charge in [-0.1, -0.05) is 58.8 Å². The maximum Gasteiger partial charge on any atom is 0.270 e. The van der Waals surface area contributed by atoms with E-state index in [1.807, 2.05) is 49.6 Å². The maximum atomic E-state index is 13.7. The molecule has 0 aliphatic heterocycles. The maximum absolute atomic E-state index is 13.7. The number of carbonyl (C=O) groups excluding carboxylic acids is 1. The van der Waals surface area contributed by atoms with Gasteiger partial charge in [0.25, 0.3) is 5.91 Å². The number of rotatable bonds is 7. The highest BCUT2D eigenvalue weighted by atomic mass is 35.5. The molecule has 2 heterocycles. The van der Waals surface area contributed by atoms with Crippen LogP contribution in [0.2, 0.25) is 10.2 Å². The van der Waals surface area contributed by atoms with Crippen LogP contribution in [0.5, 0.6) is 0 Å². The molecule has 2 aromatic heterocycles. The van der Waals surface area contributed by atoms with Crippen LogP contribution in [0.4, 0.5) is 16.6 Å². The average Bonchev–Trinajstić information content (AvgIpc) is 3.26. The van der Waals surface area contributed by atoms with Gasteiger partial charge in [0.05, 0.1) is 23.5 Å². The SMILES string of the molecule is CSc1ccc(CN(C(=O)c2cnc(Nc3cc(Cl)nc(C)n3)s2)c2c(C)cccc2Cl)cc1. The number of nitrogens with zero attached hydrogens (tertiary/aromatic N) is 4. The summed E-state index contributed by atoms with van der Waals surface area (Å²) < 4.78 is 0. The van der Waals surface area contributed by atoms with E-state index >= 15 is 0 Å². The molecule has 0 bridgehead atoms. The highest BCUT2D eigenvalue weighted by Crippen LogP contribution is 2.33. The molecule has 34 heavy (non-hydrogen) atoms. The zero-order valence-electron chi connectivity index (χ0n) is 18.7. The van der Waals surface area contributed by atoms with E-state index in [1.54, 1.807) is 41.9 Å². The third-order valence-electron chi connectivity index (χ3n) is 4.96. The number of halogens is 2. The van der Waals surface area contributed by atoms with Crippen LogP contribution in [-0.2, 0) is 6.54 Å². The van der Waals surface area contributed by atoms with E-state index < -0.39 is 0 Å². The van der Waals surface area contributed by atoms with E-state index in [0.29, 0.717) is 44.1 Å². The molecule has 0 saturated heterocycles. The van der Waals surface area contributed by atoms with Crippen molar-refractivity contribution in [3.05, 3.63) is 86.7 Å². The standard InChI is InChI=1S/C24H21Cl2N5OS2/c1-14-5-4-6-18(25)22(14)31(13-16-7-9-17(33-3)10-8-16)23(32)19-12-27-24(34-19)30-21-11-20(26)28-15(2)29-21/h4-12H,13H2,1-3H3,(H,27,28,29,30). The monoisotopic (exact) mass is 529 g/mol. The molecule has 0 aliphatic rings. The molecular formula is C24H21Cl2N5OS2. The van der Waals surface area contributed by atoms with E-state index in [9.17, 15) is 4.79 Å². The Morgan fingerprint density at radius 2 is 1.88 bits per heavy atom. The first-order valence-corrected chi connectivity index (χ1v) is 13.1. The predicted molar refractivity (Wildman–Crippen MR) is 142 cm³/mol.